The van der Waals surface area contributed by atoms with E-state index in [1.54, 1.807) is 0 Å². The van der Waals surface area contributed by atoms with Gasteiger partial charge in [-0.15, -0.1) is 0 Å². The minimum Gasteiger partial charge on any atom is -0.365 e. The van der Waals surface area contributed by atoms with Crippen LogP contribution in [0.2, 0.25) is 0 Å². The molecule has 3 heteroatoms. The molecular formula is C15H21N3. The van der Waals surface area contributed by atoms with Crippen LogP contribution >= 0.6 is 0 Å². The van der Waals surface area contributed by atoms with E-state index in [1.807, 2.05) is 18.2 Å². The number of hydrogen-bond donors (Lipinski definition) is 1. The molecular weight excluding hydrogens is 222 g/mol. The molecule has 2 aromatic rings. The molecule has 0 spiro atoms. The number of rotatable bonds is 2. The maximum absolute atomic E-state index is 4.66. The number of fused-ring (bicyclic) bond motifs is 1. The zero-order valence-electron chi connectivity index (χ0n) is 11.8. The van der Waals surface area contributed by atoms with Gasteiger partial charge in [0.1, 0.15) is 11.6 Å². The lowest BCUT2D eigenvalue weighted by molar-refractivity contribution is 0.629. The van der Waals surface area contributed by atoms with Crippen molar-refractivity contribution in [1.29, 1.82) is 0 Å². The number of benzene rings is 1. The Kier molecular flexibility index (Phi) is 3.24. The first kappa shape index (κ1) is 12.8. The van der Waals surface area contributed by atoms with Gasteiger partial charge in [0.15, 0.2) is 0 Å². The van der Waals surface area contributed by atoms with Gasteiger partial charge >= 0.3 is 0 Å². The van der Waals surface area contributed by atoms with Crippen LogP contribution in [0.4, 0.5) is 5.82 Å². The fourth-order valence-corrected chi connectivity index (χ4v) is 1.80. The summed E-state index contributed by atoms with van der Waals surface area (Å²) in [6.07, 6.45) is 0. The van der Waals surface area contributed by atoms with Gasteiger partial charge < -0.3 is 5.32 Å². The summed E-state index contributed by atoms with van der Waals surface area (Å²) in [7, 11) is 0. The third kappa shape index (κ3) is 2.78. The fourth-order valence-electron chi connectivity index (χ4n) is 1.80. The first-order chi connectivity index (χ1) is 8.37. The summed E-state index contributed by atoms with van der Waals surface area (Å²) in [6.45, 7) is 10.6. The van der Waals surface area contributed by atoms with Gasteiger partial charge in [0.05, 0.1) is 5.52 Å². The summed E-state index contributed by atoms with van der Waals surface area (Å²) in [4.78, 5) is 9.28. The average molecular weight is 243 g/mol. The molecule has 0 aliphatic heterocycles. The molecule has 2 rings (SSSR count). The summed E-state index contributed by atoms with van der Waals surface area (Å²) in [5.41, 5.74) is 0.994. The molecule has 1 aromatic carbocycles. The summed E-state index contributed by atoms with van der Waals surface area (Å²) in [5, 5.41) is 4.55. The molecule has 0 fully saturated rings. The van der Waals surface area contributed by atoms with Crippen molar-refractivity contribution in [2.24, 2.45) is 0 Å². The molecule has 1 N–H and O–H groups in total. The molecule has 0 aliphatic carbocycles. The van der Waals surface area contributed by atoms with Crippen molar-refractivity contribution in [2.75, 3.05) is 5.32 Å². The molecule has 0 atom stereocenters. The number of para-hydroxylation sites is 1. The Morgan fingerprint density at radius 3 is 2.33 bits per heavy atom. The van der Waals surface area contributed by atoms with Crippen molar-refractivity contribution in [1.82, 2.24) is 9.97 Å². The Balaban J connectivity index is 2.61. The summed E-state index contributed by atoms with van der Waals surface area (Å²) in [5.74, 6) is 2.15. The molecule has 1 aromatic heterocycles. The predicted molar refractivity (Wildman–Crippen MR) is 77.0 cm³/mol. The number of anilines is 1. The summed E-state index contributed by atoms with van der Waals surface area (Å²) in [6, 6.07) is 8.14. The quantitative estimate of drug-likeness (QED) is 0.867. The van der Waals surface area contributed by atoms with Crippen LogP contribution in [0, 0.1) is 0 Å². The molecule has 0 aliphatic rings. The zero-order valence-corrected chi connectivity index (χ0v) is 11.8. The number of nitrogens with zero attached hydrogens (tertiary/aromatic N) is 2. The predicted octanol–water partition coefficient (Wildman–Crippen LogP) is 3.96. The van der Waals surface area contributed by atoms with Crippen LogP contribution in [0.1, 0.15) is 46.4 Å². The molecule has 0 radical (unpaired) electrons. The minimum absolute atomic E-state index is 0.00856. The van der Waals surface area contributed by atoms with Crippen molar-refractivity contribution >= 4 is 16.7 Å². The third-order valence-electron chi connectivity index (χ3n) is 2.63. The second-order valence-corrected chi connectivity index (χ2v) is 5.98. The van der Waals surface area contributed by atoms with Crippen molar-refractivity contribution in [3.63, 3.8) is 0 Å². The van der Waals surface area contributed by atoms with Crippen LogP contribution < -0.4 is 5.32 Å². The smallest absolute Gasteiger partial charge is 0.138 e. The van der Waals surface area contributed by atoms with Gasteiger partial charge in [-0.2, -0.15) is 0 Å². The van der Waals surface area contributed by atoms with Crippen LogP contribution in [0.5, 0.6) is 0 Å². The van der Waals surface area contributed by atoms with Gasteiger partial charge in [0.25, 0.3) is 0 Å². The molecule has 0 unspecified atom stereocenters. The van der Waals surface area contributed by atoms with Crippen LogP contribution in [0.3, 0.4) is 0 Å². The van der Waals surface area contributed by atoms with Crippen molar-refractivity contribution in [3.05, 3.63) is 30.1 Å². The van der Waals surface area contributed by atoms with E-state index < -0.39 is 0 Å². The van der Waals surface area contributed by atoms with E-state index in [0.29, 0.717) is 5.92 Å². The van der Waals surface area contributed by atoms with E-state index in [1.165, 1.54) is 0 Å². The Labute approximate surface area is 109 Å². The molecule has 1 heterocycles. The highest BCUT2D eigenvalue weighted by Gasteiger charge is 2.15. The monoisotopic (exact) mass is 243 g/mol. The van der Waals surface area contributed by atoms with E-state index in [-0.39, 0.29) is 5.54 Å². The zero-order chi connectivity index (χ0) is 13.3. The molecule has 96 valence electrons. The van der Waals surface area contributed by atoms with Gasteiger partial charge in [-0.3, -0.25) is 0 Å². The number of hydrogen-bond acceptors (Lipinski definition) is 3. The highest BCUT2D eigenvalue weighted by molar-refractivity contribution is 5.89. The third-order valence-corrected chi connectivity index (χ3v) is 2.63. The van der Waals surface area contributed by atoms with Crippen molar-refractivity contribution < 1.29 is 0 Å². The maximum Gasteiger partial charge on any atom is 0.138 e. The SMILES string of the molecule is CC(C)c1nc(NC(C)(C)C)c2ccccc2n1. The van der Waals surface area contributed by atoms with Crippen LogP contribution in [-0.2, 0) is 0 Å². The normalized spacial score (nSPS) is 12.1. The van der Waals surface area contributed by atoms with Crippen LogP contribution in [-0.4, -0.2) is 15.5 Å². The van der Waals surface area contributed by atoms with E-state index >= 15 is 0 Å². The summed E-state index contributed by atoms with van der Waals surface area (Å²) >= 11 is 0. The first-order valence-electron chi connectivity index (χ1n) is 6.42. The first-order valence-corrected chi connectivity index (χ1v) is 6.42. The molecule has 18 heavy (non-hydrogen) atoms. The van der Waals surface area contributed by atoms with Gasteiger partial charge in [0.2, 0.25) is 0 Å². The van der Waals surface area contributed by atoms with Crippen molar-refractivity contribution in [2.45, 2.75) is 46.1 Å². The Bertz CT molecular complexity index is 553. The lowest BCUT2D eigenvalue weighted by Gasteiger charge is -2.23. The number of nitrogens with one attached hydrogen (secondary N) is 1. The van der Waals surface area contributed by atoms with Gasteiger partial charge in [-0.1, -0.05) is 26.0 Å². The van der Waals surface area contributed by atoms with Gasteiger partial charge in [0, 0.05) is 16.8 Å². The minimum atomic E-state index is -0.00856. The van der Waals surface area contributed by atoms with E-state index in [0.717, 1.165) is 22.5 Å². The van der Waals surface area contributed by atoms with Crippen LogP contribution in [0.15, 0.2) is 24.3 Å². The highest BCUT2D eigenvalue weighted by Crippen LogP contribution is 2.25. The molecule has 0 saturated heterocycles. The maximum atomic E-state index is 4.66. The van der Waals surface area contributed by atoms with E-state index in [2.05, 4.69) is 56.0 Å². The molecule has 0 bridgehead atoms. The van der Waals surface area contributed by atoms with Gasteiger partial charge in [-0.25, -0.2) is 9.97 Å². The second-order valence-electron chi connectivity index (χ2n) is 5.98. The number of aromatic nitrogens is 2. The second kappa shape index (κ2) is 4.56. The lowest BCUT2D eigenvalue weighted by Crippen LogP contribution is -2.27. The molecule has 0 saturated carbocycles. The molecule has 0 amide bonds. The lowest BCUT2D eigenvalue weighted by atomic mass is 10.1. The van der Waals surface area contributed by atoms with Crippen LogP contribution in [0.25, 0.3) is 10.9 Å². The fraction of sp³-hybridized carbons (Fsp3) is 0.467. The summed E-state index contributed by atoms with van der Waals surface area (Å²) < 4.78 is 0. The van der Waals surface area contributed by atoms with Gasteiger partial charge in [-0.05, 0) is 32.9 Å². The highest BCUT2D eigenvalue weighted by atomic mass is 15.1. The standard InChI is InChI=1S/C15H21N3/c1-10(2)13-16-12-9-7-6-8-11(12)14(17-13)18-15(3,4)5/h6-10H,1-5H3,(H,16,17,18). The van der Waals surface area contributed by atoms with E-state index in [4.69, 9.17) is 0 Å². The Morgan fingerprint density at radius 2 is 1.72 bits per heavy atom. The molecule has 3 nitrogen and oxygen atoms in total. The Hall–Kier alpha value is -1.64. The largest absolute Gasteiger partial charge is 0.365 e. The van der Waals surface area contributed by atoms with E-state index in [9.17, 15) is 0 Å². The topological polar surface area (TPSA) is 37.8 Å². The van der Waals surface area contributed by atoms with Crippen molar-refractivity contribution in [3.8, 4) is 0 Å². The Morgan fingerprint density at radius 1 is 1.06 bits per heavy atom. The average Bonchev–Trinajstić information content (AvgIpc) is 2.26.